The van der Waals surface area contributed by atoms with E-state index in [0.717, 1.165) is 31.7 Å². The van der Waals surface area contributed by atoms with E-state index in [9.17, 15) is 0 Å². The summed E-state index contributed by atoms with van der Waals surface area (Å²) in [6, 6.07) is 14.3. The molecule has 0 atom stereocenters. The van der Waals surface area contributed by atoms with E-state index in [2.05, 4.69) is 58.3 Å². The van der Waals surface area contributed by atoms with Crippen molar-refractivity contribution < 1.29 is 0 Å². The van der Waals surface area contributed by atoms with Gasteiger partial charge in [-0.2, -0.15) is 0 Å². The summed E-state index contributed by atoms with van der Waals surface area (Å²) in [5, 5.41) is 3.19. The zero-order chi connectivity index (χ0) is 17.2. The second-order valence-electron chi connectivity index (χ2n) is 5.63. The lowest BCUT2D eigenvalue weighted by atomic mass is 10.2. The monoisotopic (exact) mass is 325 g/mol. The quantitative estimate of drug-likeness (QED) is 0.577. The number of guanidine groups is 1. The average Bonchev–Trinajstić information content (AvgIpc) is 2.60. The number of benzene rings is 1. The number of anilines is 1. The minimum absolute atomic E-state index is 0.492. The Bertz CT molecular complexity index is 639. The van der Waals surface area contributed by atoms with Crippen molar-refractivity contribution in [3.05, 3.63) is 59.9 Å². The number of pyridine rings is 1. The summed E-state index contributed by atoms with van der Waals surface area (Å²) in [7, 11) is 0. The Kier molecular flexibility index (Phi) is 7.08. The molecule has 0 spiro atoms. The zero-order valence-corrected chi connectivity index (χ0v) is 14.6. The number of nitrogens with one attached hydrogen (secondary N) is 1. The lowest BCUT2D eigenvalue weighted by molar-refractivity contribution is 0.767. The first-order valence-corrected chi connectivity index (χ1v) is 8.45. The van der Waals surface area contributed by atoms with Gasteiger partial charge in [-0.15, -0.1) is 0 Å². The lowest BCUT2D eigenvalue weighted by Gasteiger charge is -2.25. The summed E-state index contributed by atoms with van der Waals surface area (Å²) in [6.45, 7) is 7.56. The van der Waals surface area contributed by atoms with E-state index in [0.29, 0.717) is 12.5 Å². The first-order chi connectivity index (χ1) is 11.7. The molecule has 0 aliphatic carbocycles. The molecular weight excluding hydrogens is 298 g/mol. The van der Waals surface area contributed by atoms with Gasteiger partial charge in [-0.25, -0.2) is 0 Å². The molecule has 0 unspecified atom stereocenters. The maximum atomic E-state index is 5.93. The van der Waals surface area contributed by atoms with Gasteiger partial charge in [0.15, 0.2) is 5.96 Å². The van der Waals surface area contributed by atoms with E-state index in [-0.39, 0.29) is 0 Å². The Morgan fingerprint density at radius 3 is 2.71 bits per heavy atom. The van der Waals surface area contributed by atoms with Crippen LogP contribution in [0.15, 0.2) is 53.7 Å². The molecule has 128 valence electrons. The van der Waals surface area contributed by atoms with Crippen molar-refractivity contribution >= 4 is 11.6 Å². The Hall–Kier alpha value is -2.56. The molecule has 2 rings (SSSR count). The summed E-state index contributed by atoms with van der Waals surface area (Å²) in [5.41, 5.74) is 9.53. The maximum absolute atomic E-state index is 5.93. The fraction of sp³-hybridized carbons (Fsp3) is 0.368. The number of aromatic nitrogens is 1. The number of nitrogens with zero attached hydrogens (tertiary/aromatic N) is 3. The van der Waals surface area contributed by atoms with E-state index in [1.54, 1.807) is 6.20 Å². The lowest BCUT2D eigenvalue weighted by Crippen LogP contribution is -2.39. The summed E-state index contributed by atoms with van der Waals surface area (Å²) in [4.78, 5) is 11.0. The molecule has 1 aromatic carbocycles. The standard InChI is InChI=1S/C19H27N5/c1-3-24(18-10-5-4-8-16(18)2)15-14-23-19(20)22-13-11-17-9-6-7-12-21-17/h4-10,12H,3,11,13-15H2,1-2H3,(H3,20,22,23). The Morgan fingerprint density at radius 1 is 1.21 bits per heavy atom. The first kappa shape index (κ1) is 17.8. The molecule has 0 aliphatic rings. The minimum atomic E-state index is 0.492. The number of likely N-dealkylation sites (N-methyl/N-ethyl adjacent to an activating group) is 1. The van der Waals surface area contributed by atoms with Crippen LogP contribution in [0, 0.1) is 6.92 Å². The van der Waals surface area contributed by atoms with Gasteiger partial charge >= 0.3 is 0 Å². The number of aliphatic imine (C=N–C) groups is 1. The van der Waals surface area contributed by atoms with Crippen LogP contribution in [0.5, 0.6) is 0 Å². The van der Waals surface area contributed by atoms with Gasteiger partial charge in [-0.1, -0.05) is 24.3 Å². The SMILES string of the molecule is CCN(CCNC(N)=NCCc1ccccn1)c1ccccc1C. The number of rotatable bonds is 8. The van der Waals surface area contributed by atoms with Crippen molar-refractivity contribution in [2.45, 2.75) is 20.3 Å². The van der Waals surface area contributed by atoms with Crippen molar-refractivity contribution in [2.24, 2.45) is 10.7 Å². The normalized spacial score (nSPS) is 11.3. The molecule has 1 aromatic heterocycles. The highest BCUT2D eigenvalue weighted by molar-refractivity contribution is 5.77. The van der Waals surface area contributed by atoms with Crippen LogP contribution in [0.2, 0.25) is 0 Å². The summed E-state index contributed by atoms with van der Waals surface area (Å²) in [6.07, 6.45) is 2.60. The fourth-order valence-corrected chi connectivity index (χ4v) is 2.58. The van der Waals surface area contributed by atoms with Gasteiger partial charge in [0.05, 0.1) is 0 Å². The molecule has 0 saturated heterocycles. The van der Waals surface area contributed by atoms with Crippen molar-refractivity contribution in [1.29, 1.82) is 0 Å². The van der Waals surface area contributed by atoms with Gasteiger partial charge in [-0.3, -0.25) is 9.98 Å². The highest BCUT2D eigenvalue weighted by Gasteiger charge is 2.06. The number of nitrogens with two attached hydrogens (primary N) is 1. The maximum Gasteiger partial charge on any atom is 0.188 e. The molecule has 1 heterocycles. The van der Waals surface area contributed by atoms with Gasteiger partial charge in [0, 0.05) is 50.2 Å². The molecule has 5 nitrogen and oxygen atoms in total. The molecule has 0 saturated carbocycles. The highest BCUT2D eigenvalue weighted by atomic mass is 15.2. The van der Waals surface area contributed by atoms with E-state index in [4.69, 9.17) is 5.73 Å². The van der Waals surface area contributed by atoms with E-state index >= 15 is 0 Å². The molecule has 3 N–H and O–H groups in total. The van der Waals surface area contributed by atoms with Crippen LogP contribution in [0.25, 0.3) is 0 Å². The molecule has 5 heteroatoms. The number of hydrogen-bond acceptors (Lipinski definition) is 3. The van der Waals surface area contributed by atoms with Crippen LogP contribution in [0.3, 0.4) is 0 Å². The third-order valence-corrected chi connectivity index (χ3v) is 3.90. The van der Waals surface area contributed by atoms with Crippen molar-refractivity contribution in [3.8, 4) is 0 Å². The summed E-state index contributed by atoms with van der Waals surface area (Å²) < 4.78 is 0. The first-order valence-electron chi connectivity index (χ1n) is 8.45. The molecule has 0 bridgehead atoms. The fourth-order valence-electron chi connectivity index (χ4n) is 2.58. The topological polar surface area (TPSA) is 66.5 Å². The van der Waals surface area contributed by atoms with Crippen molar-refractivity contribution in [1.82, 2.24) is 10.3 Å². The highest BCUT2D eigenvalue weighted by Crippen LogP contribution is 2.18. The molecule has 2 aromatic rings. The average molecular weight is 325 g/mol. The Labute approximate surface area is 144 Å². The Balaban J connectivity index is 1.75. The number of hydrogen-bond donors (Lipinski definition) is 2. The minimum Gasteiger partial charge on any atom is -0.370 e. The van der Waals surface area contributed by atoms with Crippen LogP contribution in [-0.2, 0) is 6.42 Å². The van der Waals surface area contributed by atoms with Gasteiger partial charge in [0.1, 0.15) is 0 Å². The van der Waals surface area contributed by atoms with E-state index in [1.807, 2.05) is 18.2 Å². The molecule has 0 fully saturated rings. The molecule has 0 radical (unpaired) electrons. The molecular formula is C19H27N5. The third-order valence-electron chi connectivity index (χ3n) is 3.90. The van der Waals surface area contributed by atoms with Gasteiger partial charge in [0.2, 0.25) is 0 Å². The van der Waals surface area contributed by atoms with Crippen LogP contribution >= 0.6 is 0 Å². The van der Waals surface area contributed by atoms with Crippen LogP contribution < -0.4 is 16.0 Å². The van der Waals surface area contributed by atoms with E-state index in [1.165, 1.54) is 11.3 Å². The van der Waals surface area contributed by atoms with Crippen LogP contribution in [0.1, 0.15) is 18.2 Å². The summed E-state index contributed by atoms with van der Waals surface area (Å²) in [5.74, 6) is 0.492. The molecule has 0 aliphatic heterocycles. The van der Waals surface area contributed by atoms with Gasteiger partial charge in [0.25, 0.3) is 0 Å². The molecule has 24 heavy (non-hydrogen) atoms. The largest absolute Gasteiger partial charge is 0.370 e. The number of para-hydroxylation sites is 1. The van der Waals surface area contributed by atoms with Crippen LogP contribution in [0.4, 0.5) is 5.69 Å². The second-order valence-corrected chi connectivity index (χ2v) is 5.63. The number of aryl methyl sites for hydroxylation is 1. The van der Waals surface area contributed by atoms with Crippen molar-refractivity contribution in [2.75, 3.05) is 31.1 Å². The summed E-state index contributed by atoms with van der Waals surface area (Å²) >= 11 is 0. The smallest absolute Gasteiger partial charge is 0.188 e. The predicted molar refractivity (Wildman–Crippen MR) is 101 cm³/mol. The second kappa shape index (κ2) is 9.55. The third kappa shape index (κ3) is 5.57. The van der Waals surface area contributed by atoms with Crippen molar-refractivity contribution in [3.63, 3.8) is 0 Å². The van der Waals surface area contributed by atoms with Gasteiger partial charge < -0.3 is 16.0 Å². The van der Waals surface area contributed by atoms with Gasteiger partial charge in [-0.05, 0) is 37.6 Å². The molecule has 0 amide bonds. The Morgan fingerprint density at radius 2 is 2.00 bits per heavy atom. The van der Waals surface area contributed by atoms with Crippen LogP contribution in [-0.4, -0.2) is 37.1 Å². The zero-order valence-electron chi connectivity index (χ0n) is 14.6. The predicted octanol–water partition coefficient (Wildman–Crippen LogP) is 2.36. The van der Waals surface area contributed by atoms with E-state index < -0.39 is 0 Å².